The van der Waals surface area contributed by atoms with Gasteiger partial charge in [-0.15, -0.1) is 0 Å². The molecule has 5 heteroatoms. The molecule has 0 saturated heterocycles. The highest BCUT2D eigenvalue weighted by Gasteiger charge is 2.09. The molecule has 0 amide bonds. The van der Waals surface area contributed by atoms with Gasteiger partial charge < -0.3 is 16.0 Å². The zero-order valence-electron chi connectivity index (χ0n) is 9.13. The number of nitrogens with two attached hydrogens (primary N) is 1. The predicted octanol–water partition coefficient (Wildman–Crippen LogP) is 1.47. The second-order valence-corrected chi connectivity index (χ2v) is 4.29. The van der Waals surface area contributed by atoms with Gasteiger partial charge in [0.2, 0.25) is 0 Å². The molecule has 1 heterocycles. The summed E-state index contributed by atoms with van der Waals surface area (Å²) in [4.78, 5) is 6.15. The number of nitrogen functional groups attached to an aromatic ring is 1. The minimum Gasteiger partial charge on any atom is -0.396 e. The molecule has 1 rings (SSSR count). The van der Waals surface area contributed by atoms with E-state index in [1.165, 1.54) is 0 Å². The molecule has 84 valence electrons. The lowest BCUT2D eigenvalue weighted by Gasteiger charge is -2.21. The number of pyridine rings is 1. The molecule has 3 N–H and O–H groups in total. The first kappa shape index (κ1) is 12.3. The zero-order chi connectivity index (χ0) is 11.3. The molecule has 0 aliphatic carbocycles. The first-order chi connectivity index (χ1) is 7.16. The molecule has 1 aromatic rings. The Bertz CT molecular complexity index is 296. The Morgan fingerprint density at radius 3 is 2.87 bits per heavy atom. The number of anilines is 2. The van der Waals surface area contributed by atoms with Gasteiger partial charge in [0.25, 0.3) is 0 Å². The maximum atomic E-state index is 5.88. The highest BCUT2D eigenvalue weighted by atomic mass is 79.9. The van der Waals surface area contributed by atoms with Gasteiger partial charge in [-0.1, -0.05) is 0 Å². The van der Waals surface area contributed by atoms with E-state index in [0.29, 0.717) is 5.69 Å². The van der Waals surface area contributed by atoms with Crippen LogP contribution in [-0.2, 0) is 0 Å². The van der Waals surface area contributed by atoms with E-state index < -0.39 is 0 Å². The van der Waals surface area contributed by atoms with Crippen molar-refractivity contribution in [1.29, 1.82) is 0 Å². The van der Waals surface area contributed by atoms with E-state index in [-0.39, 0.29) is 0 Å². The van der Waals surface area contributed by atoms with Crippen molar-refractivity contribution in [2.75, 3.05) is 37.8 Å². The molecule has 15 heavy (non-hydrogen) atoms. The number of halogens is 1. The van der Waals surface area contributed by atoms with E-state index in [1.807, 2.05) is 14.1 Å². The highest BCUT2D eigenvalue weighted by Crippen LogP contribution is 2.30. The van der Waals surface area contributed by atoms with E-state index in [1.54, 1.807) is 12.4 Å². The topological polar surface area (TPSA) is 54.2 Å². The van der Waals surface area contributed by atoms with Gasteiger partial charge in [-0.05, 0) is 35.9 Å². The second-order valence-electron chi connectivity index (χ2n) is 3.44. The van der Waals surface area contributed by atoms with Crippen molar-refractivity contribution in [2.24, 2.45) is 0 Å². The summed E-state index contributed by atoms with van der Waals surface area (Å²) in [5.41, 5.74) is 7.60. The summed E-state index contributed by atoms with van der Waals surface area (Å²) in [6.07, 6.45) is 4.52. The SMILES string of the molecule is CNCCCN(C)c1c(N)cncc1Br. The number of hydrogen-bond donors (Lipinski definition) is 2. The zero-order valence-corrected chi connectivity index (χ0v) is 10.7. The summed E-state index contributed by atoms with van der Waals surface area (Å²) in [5, 5.41) is 3.12. The minimum atomic E-state index is 0.705. The van der Waals surface area contributed by atoms with Crippen LogP contribution in [-0.4, -0.2) is 32.2 Å². The molecule has 0 aliphatic rings. The van der Waals surface area contributed by atoms with Crippen molar-refractivity contribution in [3.63, 3.8) is 0 Å². The summed E-state index contributed by atoms with van der Waals surface area (Å²) in [5.74, 6) is 0. The number of nitrogens with zero attached hydrogens (tertiary/aromatic N) is 2. The second kappa shape index (κ2) is 5.92. The molecule has 4 nitrogen and oxygen atoms in total. The Balaban J connectivity index is 2.68. The van der Waals surface area contributed by atoms with E-state index in [9.17, 15) is 0 Å². The van der Waals surface area contributed by atoms with Crippen molar-refractivity contribution in [1.82, 2.24) is 10.3 Å². The fourth-order valence-electron chi connectivity index (χ4n) is 1.45. The van der Waals surface area contributed by atoms with Gasteiger partial charge in [0, 0.05) is 19.8 Å². The first-order valence-electron chi connectivity index (χ1n) is 4.91. The fraction of sp³-hybridized carbons (Fsp3) is 0.500. The third-order valence-electron chi connectivity index (χ3n) is 2.20. The lowest BCUT2D eigenvalue weighted by atomic mass is 10.3. The van der Waals surface area contributed by atoms with Gasteiger partial charge in [-0.2, -0.15) is 0 Å². The van der Waals surface area contributed by atoms with Gasteiger partial charge in [-0.3, -0.25) is 4.98 Å². The van der Waals surface area contributed by atoms with E-state index >= 15 is 0 Å². The molecule has 0 spiro atoms. The lowest BCUT2D eigenvalue weighted by Crippen LogP contribution is -2.23. The Hall–Kier alpha value is -0.810. The normalized spacial score (nSPS) is 10.3. The molecular formula is C10H17BrN4. The quantitative estimate of drug-likeness (QED) is 0.798. The Kier molecular flexibility index (Phi) is 4.84. The Morgan fingerprint density at radius 1 is 1.53 bits per heavy atom. The maximum Gasteiger partial charge on any atom is 0.0773 e. The first-order valence-corrected chi connectivity index (χ1v) is 5.71. The van der Waals surface area contributed by atoms with Crippen LogP contribution in [0.5, 0.6) is 0 Å². The van der Waals surface area contributed by atoms with Gasteiger partial charge in [0.05, 0.1) is 22.0 Å². The van der Waals surface area contributed by atoms with Crippen LogP contribution in [0.1, 0.15) is 6.42 Å². The third kappa shape index (κ3) is 3.35. The van der Waals surface area contributed by atoms with Crippen LogP contribution in [0.25, 0.3) is 0 Å². The van der Waals surface area contributed by atoms with E-state index in [2.05, 4.69) is 31.1 Å². The Morgan fingerprint density at radius 2 is 2.27 bits per heavy atom. The number of rotatable bonds is 5. The average molecular weight is 273 g/mol. The summed E-state index contributed by atoms with van der Waals surface area (Å²) in [6.45, 7) is 1.97. The van der Waals surface area contributed by atoms with Crippen LogP contribution >= 0.6 is 15.9 Å². The largest absolute Gasteiger partial charge is 0.396 e. The molecule has 0 unspecified atom stereocenters. The molecular weight excluding hydrogens is 256 g/mol. The molecule has 0 radical (unpaired) electrons. The molecule has 0 fully saturated rings. The molecule has 0 bridgehead atoms. The van der Waals surface area contributed by atoms with Crippen molar-refractivity contribution in [3.05, 3.63) is 16.9 Å². The smallest absolute Gasteiger partial charge is 0.0773 e. The third-order valence-corrected chi connectivity index (χ3v) is 2.78. The maximum absolute atomic E-state index is 5.88. The van der Waals surface area contributed by atoms with Crippen molar-refractivity contribution < 1.29 is 0 Å². The van der Waals surface area contributed by atoms with Crippen molar-refractivity contribution in [3.8, 4) is 0 Å². The summed E-state index contributed by atoms with van der Waals surface area (Å²) in [6, 6.07) is 0. The summed E-state index contributed by atoms with van der Waals surface area (Å²) < 4.78 is 0.939. The minimum absolute atomic E-state index is 0.705. The predicted molar refractivity (Wildman–Crippen MR) is 68.2 cm³/mol. The standard InChI is InChI=1S/C10H17BrN4/c1-13-4-3-5-15(2)10-8(11)6-14-7-9(10)12/h6-7,13H,3-5,12H2,1-2H3. The number of nitrogens with one attached hydrogen (secondary N) is 1. The molecule has 0 aromatic carbocycles. The van der Waals surface area contributed by atoms with Crippen LogP contribution in [0.2, 0.25) is 0 Å². The summed E-state index contributed by atoms with van der Waals surface area (Å²) in [7, 11) is 3.99. The molecule has 0 aliphatic heterocycles. The lowest BCUT2D eigenvalue weighted by molar-refractivity contribution is 0.712. The van der Waals surface area contributed by atoms with Crippen LogP contribution in [0, 0.1) is 0 Å². The van der Waals surface area contributed by atoms with Crippen molar-refractivity contribution >= 4 is 27.3 Å². The molecule has 0 atom stereocenters. The number of aromatic nitrogens is 1. The average Bonchev–Trinajstić information content (AvgIpc) is 2.18. The van der Waals surface area contributed by atoms with Gasteiger partial charge in [-0.25, -0.2) is 0 Å². The van der Waals surface area contributed by atoms with E-state index in [4.69, 9.17) is 5.73 Å². The van der Waals surface area contributed by atoms with Crippen LogP contribution in [0.15, 0.2) is 16.9 Å². The van der Waals surface area contributed by atoms with Crippen LogP contribution < -0.4 is 16.0 Å². The van der Waals surface area contributed by atoms with Crippen molar-refractivity contribution in [2.45, 2.75) is 6.42 Å². The van der Waals surface area contributed by atoms with Gasteiger partial charge >= 0.3 is 0 Å². The van der Waals surface area contributed by atoms with Gasteiger partial charge in [0.15, 0.2) is 0 Å². The van der Waals surface area contributed by atoms with Gasteiger partial charge in [0.1, 0.15) is 0 Å². The Labute approximate surface area is 99.0 Å². The van der Waals surface area contributed by atoms with E-state index in [0.717, 1.165) is 29.7 Å². The number of hydrogen-bond acceptors (Lipinski definition) is 4. The molecule has 0 saturated carbocycles. The fourth-order valence-corrected chi connectivity index (χ4v) is 2.10. The highest BCUT2D eigenvalue weighted by molar-refractivity contribution is 9.10. The monoisotopic (exact) mass is 272 g/mol. The summed E-state index contributed by atoms with van der Waals surface area (Å²) >= 11 is 3.46. The van der Waals surface area contributed by atoms with Crippen LogP contribution in [0.3, 0.4) is 0 Å². The molecule has 1 aromatic heterocycles. The van der Waals surface area contributed by atoms with Crippen LogP contribution in [0.4, 0.5) is 11.4 Å².